The molecule has 0 bridgehead atoms. The lowest BCUT2D eigenvalue weighted by Crippen LogP contribution is -2.56. The van der Waals surface area contributed by atoms with Crippen LogP contribution >= 0.6 is 11.8 Å². The molecule has 2 heterocycles. The van der Waals surface area contributed by atoms with Crippen LogP contribution in [0.3, 0.4) is 0 Å². The second-order valence-electron chi connectivity index (χ2n) is 12.0. The Hall–Kier alpha value is -4.26. The molecule has 1 fully saturated rings. The van der Waals surface area contributed by atoms with Gasteiger partial charge < -0.3 is 34.5 Å². The molecule has 13 heteroatoms. The molecule has 256 valence electrons. The Balaban J connectivity index is 1.93. The predicted octanol–water partition coefficient (Wildman–Crippen LogP) is 4.42. The molecule has 2 aromatic rings. The largest absolute Gasteiger partial charge is 0.497 e. The van der Waals surface area contributed by atoms with E-state index in [1.165, 1.54) is 23.8 Å². The van der Waals surface area contributed by atoms with Crippen LogP contribution in [0.1, 0.15) is 46.5 Å². The summed E-state index contributed by atoms with van der Waals surface area (Å²) in [5, 5.41) is 6.21. The van der Waals surface area contributed by atoms with Crippen molar-refractivity contribution in [3.63, 3.8) is 0 Å². The molecule has 12 nitrogen and oxygen atoms in total. The number of carbonyl (C=O) groups is 4. The third kappa shape index (κ3) is 10.9. The Morgan fingerprint density at radius 1 is 1.11 bits per heavy atom. The molecule has 1 aromatic carbocycles. The predicted molar refractivity (Wildman–Crippen MR) is 182 cm³/mol. The Morgan fingerprint density at radius 2 is 1.87 bits per heavy atom. The topological polar surface area (TPSA) is 145 Å². The number of thioether (sulfide) groups is 1. The van der Waals surface area contributed by atoms with E-state index in [-0.39, 0.29) is 18.7 Å². The number of hydrogen-bond acceptors (Lipinski definition) is 10. The summed E-state index contributed by atoms with van der Waals surface area (Å²) in [6.45, 7) is 12.7. The number of alkyl carbamates (subject to hydrolysis) is 1. The minimum atomic E-state index is -1.00. The van der Waals surface area contributed by atoms with Crippen molar-refractivity contribution < 1.29 is 38.1 Å². The number of benzene rings is 1. The molecule has 0 saturated carbocycles. The highest BCUT2D eigenvalue weighted by Crippen LogP contribution is 2.31. The molecule has 1 saturated heterocycles. The Morgan fingerprint density at radius 3 is 2.53 bits per heavy atom. The van der Waals surface area contributed by atoms with E-state index in [2.05, 4.69) is 28.8 Å². The smallest absolute Gasteiger partial charge is 0.408 e. The van der Waals surface area contributed by atoms with Crippen LogP contribution in [0.15, 0.2) is 55.8 Å². The number of amides is 3. The minimum absolute atomic E-state index is 0.0545. The van der Waals surface area contributed by atoms with E-state index >= 15 is 0 Å². The fourth-order valence-electron chi connectivity index (χ4n) is 5.11. The van der Waals surface area contributed by atoms with Crippen molar-refractivity contribution >= 4 is 46.5 Å². The SMILES string of the molecule is C=CCCC[C@H](NC(=O)OC(C)(C)C)C(=O)N1C[C@H](Oc2ccnc3cc(OC)ccc23)C[C@H]1C(=O)N[C@H](CSCC=C)C(=O)OC. The number of aromatic nitrogens is 1. The number of pyridine rings is 1. The molecule has 1 aliphatic rings. The summed E-state index contributed by atoms with van der Waals surface area (Å²) >= 11 is 1.41. The number of esters is 1. The number of nitrogens with one attached hydrogen (secondary N) is 2. The summed E-state index contributed by atoms with van der Waals surface area (Å²) in [5.74, 6) is 0.383. The number of fused-ring (bicyclic) bond motifs is 1. The zero-order valence-electron chi connectivity index (χ0n) is 27.8. The zero-order chi connectivity index (χ0) is 34.6. The van der Waals surface area contributed by atoms with Gasteiger partial charge in [-0.15, -0.1) is 13.2 Å². The van der Waals surface area contributed by atoms with E-state index in [4.69, 9.17) is 18.9 Å². The van der Waals surface area contributed by atoms with Gasteiger partial charge in [-0.3, -0.25) is 14.6 Å². The molecule has 0 unspecified atom stereocenters. The van der Waals surface area contributed by atoms with E-state index in [9.17, 15) is 19.2 Å². The maximum Gasteiger partial charge on any atom is 0.408 e. The van der Waals surface area contributed by atoms with E-state index in [1.807, 2.05) is 6.07 Å². The maximum absolute atomic E-state index is 14.2. The number of likely N-dealkylation sites (tertiary alicyclic amines) is 1. The van der Waals surface area contributed by atoms with Gasteiger partial charge in [0, 0.05) is 35.6 Å². The highest BCUT2D eigenvalue weighted by molar-refractivity contribution is 7.99. The second kappa shape index (κ2) is 17.6. The molecule has 0 aliphatic carbocycles. The van der Waals surface area contributed by atoms with Crippen molar-refractivity contribution in [3.05, 3.63) is 55.8 Å². The number of allylic oxidation sites excluding steroid dienone is 1. The van der Waals surface area contributed by atoms with Crippen LogP contribution in [-0.2, 0) is 23.9 Å². The number of methoxy groups -OCH3 is 2. The highest BCUT2D eigenvalue weighted by Gasteiger charge is 2.44. The van der Waals surface area contributed by atoms with Crippen molar-refractivity contribution in [3.8, 4) is 11.5 Å². The van der Waals surface area contributed by atoms with E-state index in [0.29, 0.717) is 42.0 Å². The number of hydrogen-bond donors (Lipinski definition) is 2. The lowest BCUT2D eigenvalue weighted by atomic mass is 10.1. The molecule has 1 aromatic heterocycles. The van der Waals surface area contributed by atoms with Crippen molar-refractivity contribution in [1.82, 2.24) is 20.5 Å². The van der Waals surface area contributed by atoms with Gasteiger partial charge in [0.15, 0.2) is 0 Å². The molecular weight excluding hydrogens is 624 g/mol. The molecule has 0 spiro atoms. The molecule has 4 atom stereocenters. The molecule has 47 heavy (non-hydrogen) atoms. The standard InChI is InChI=1S/C34H46N4O8S/c1-8-10-11-12-25(37-33(42)46-34(3,4)5)31(40)38-20-23(45-29-15-16-35-26-18-22(43-6)13-14-24(26)29)19-28(38)30(39)36-27(32(41)44-7)21-47-17-9-2/h8-9,13-16,18,23,25,27-28H,1-2,10-12,17,19-21H2,3-7H3,(H,36,39)(H,37,42)/t23-,25+,27-,28+/m1/s1. The lowest BCUT2D eigenvalue weighted by Gasteiger charge is -2.30. The van der Waals surface area contributed by atoms with Gasteiger partial charge in [-0.05, 0) is 58.2 Å². The van der Waals surface area contributed by atoms with Crippen LogP contribution < -0.4 is 20.1 Å². The van der Waals surface area contributed by atoms with Crippen molar-refractivity contribution in [2.45, 2.75) is 76.3 Å². The van der Waals surface area contributed by atoms with Gasteiger partial charge in [0.1, 0.15) is 41.3 Å². The van der Waals surface area contributed by atoms with Crippen LogP contribution in [0.5, 0.6) is 11.5 Å². The van der Waals surface area contributed by atoms with Gasteiger partial charge in [0.25, 0.3) is 0 Å². The fraction of sp³-hybridized carbons (Fsp3) is 0.500. The zero-order valence-corrected chi connectivity index (χ0v) is 28.6. The number of nitrogens with zero attached hydrogens (tertiary/aromatic N) is 2. The summed E-state index contributed by atoms with van der Waals surface area (Å²) in [6.07, 6.45) is 5.32. The fourth-order valence-corrected chi connectivity index (χ4v) is 5.87. The molecule has 3 rings (SSSR count). The van der Waals surface area contributed by atoms with Crippen LogP contribution in [0.2, 0.25) is 0 Å². The highest BCUT2D eigenvalue weighted by atomic mass is 32.2. The quantitative estimate of drug-likeness (QED) is 0.150. The molecule has 3 amide bonds. The Bertz CT molecular complexity index is 1430. The first kappa shape index (κ1) is 37.2. The molecular formula is C34H46N4O8S. The monoisotopic (exact) mass is 670 g/mol. The van der Waals surface area contributed by atoms with Crippen molar-refractivity contribution in [2.24, 2.45) is 0 Å². The average molecular weight is 671 g/mol. The summed E-state index contributed by atoms with van der Waals surface area (Å²) < 4.78 is 22.1. The van der Waals surface area contributed by atoms with Crippen LogP contribution in [-0.4, -0.2) is 95.9 Å². The van der Waals surface area contributed by atoms with Crippen LogP contribution in [0.25, 0.3) is 10.9 Å². The third-order valence-corrected chi connectivity index (χ3v) is 8.30. The van der Waals surface area contributed by atoms with Gasteiger partial charge in [-0.2, -0.15) is 11.8 Å². The van der Waals surface area contributed by atoms with Crippen molar-refractivity contribution in [2.75, 3.05) is 32.3 Å². The van der Waals surface area contributed by atoms with Crippen LogP contribution in [0, 0.1) is 0 Å². The maximum atomic E-state index is 14.2. The van der Waals surface area contributed by atoms with Crippen LogP contribution in [0.4, 0.5) is 4.79 Å². The second-order valence-corrected chi connectivity index (χ2v) is 13.1. The summed E-state index contributed by atoms with van der Waals surface area (Å²) in [7, 11) is 2.82. The van der Waals surface area contributed by atoms with Gasteiger partial charge in [-0.1, -0.05) is 12.2 Å². The van der Waals surface area contributed by atoms with Crippen molar-refractivity contribution in [1.29, 1.82) is 0 Å². The lowest BCUT2D eigenvalue weighted by molar-refractivity contribution is -0.146. The minimum Gasteiger partial charge on any atom is -0.497 e. The number of ether oxygens (including phenoxy) is 4. The van der Waals surface area contributed by atoms with E-state index in [0.717, 1.165) is 5.39 Å². The molecule has 1 aliphatic heterocycles. The summed E-state index contributed by atoms with van der Waals surface area (Å²) in [5.41, 5.74) is -0.124. The Kier molecular flexibility index (Phi) is 13.9. The number of unbranched alkanes of at least 4 members (excludes halogenated alkanes) is 1. The van der Waals surface area contributed by atoms with Gasteiger partial charge >= 0.3 is 12.1 Å². The molecule has 2 N–H and O–H groups in total. The van der Waals surface area contributed by atoms with Gasteiger partial charge in [0.05, 0.1) is 26.3 Å². The van der Waals surface area contributed by atoms with Gasteiger partial charge in [0.2, 0.25) is 11.8 Å². The summed E-state index contributed by atoms with van der Waals surface area (Å²) in [4.78, 5) is 59.2. The van der Waals surface area contributed by atoms with Gasteiger partial charge in [-0.25, -0.2) is 9.59 Å². The Labute approximate surface area is 280 Å². The van der Waals surface area contributed by atoms with E-state index in [1.54, 1.807) is 64.4 Å². The van der Waals surface area contributed by atoms with E-state index < -0.39 is 53.7 Å². The third-order valence-electron chi connectivity index (χ3n) is 7.26. The normalized spacial score (nSPS) is 17.3. The first-order valence-electron chi connectivity index (χ1n) is 15.5. The average Bonchev–Trinajstić information content (AvgIpc) is 3.46. The number of carbonyl (C=O) groups excluding carboxylic acids is 4. The number of rotatable bonds is 16. The first-order chi connectivity index (χ1) is 22.4. The first-order valence-corrected chi connectivity index (χ1v) is 16.6. The summed E-state index contributed by atoms with van der Waals surface area (Å²) in [6, 6.07) is 4.22. The molecule has 0 radical (unpaired) electrons.